The smallest absolute Gasteiger partial charge is 0.0774 e. The second-order valence-electron chi connectivity index (χ2n) is 8.41. The van der Waals surface area contributed by atoms with Crippen molar-refractivity contribution in [3.8, 4) is 28.2 Å². The Morgan fingerprint density at radius 1 is 0.774 bits per heavy atom. The Bertz CT molecular complexity index is 1410. The summed E-state index contributed by atoms with van der Waals surface area (Å²) in [5.41, 5.74) is 9.60. The Kier molecular flexibility index (Phi) is 4.69. The molecule has 3 heteroatoms. The summed E-state index contributed by atoms with van der Waals surface area (Å²) in [7, 11) is 0. The Balaban J connectivity index is 0.00000204. The number of rotatable bonds is 2. The molecule has 1 aliphatic rings. The fraction of sp³-hybridized carbons (Fsp3) is 0.107. The third-order valence-corrected chi connectivity index (χ3v) is 6.34. The summed E-state index contributed by atoms with van der Waals surface area (Å²) >= 11 is 0. The first kappa shape index (κ1) is 19.9. The number of benzene rings is 4. The first-order valence-electron chi connectivity index (χ1n) is 10.3. The molecule has 0 unspecified atom stereocenters. The van der Waals surface area contributed by atoms with Crippen LogP contribution in [0.25, 0.3) is 39.2 Å². The molecule has 0 atom stereocenters. The Morgan fingerprint density at radius 2 is 1.52 bits per heavy atom. The van der Waals surface area contributed by atoms with Gasteiger partial charge in [-0.1, -0.05) is 62.4 Å². The molecule has 6 rings (SSSR count). The minimum absolute atomic E-state index is 0. The Morgan fingerprint density at radius 3 is 2.35 bits per heavy atom. The zero-order chi connectivity index (χ0) is 20.3. The van der Waals surface area contributed by atoms with Gasteiger partial charge in [0.15, 0.2) is 0 Å². The van der Waals surface area contributed by atoms with Crippen LogP contribution in [0.1, 0.15) is 25.0 Å². The molecular formula is C28H21IrN2-. The monoisotopic (exact) mass is 578 g/mol. The minimum Gasteiger partial charge on any atom is -0.333 e. The molecule has 1 radical (unpaired) electrons. The largest absolute Gasteiger partial charge is 0.333 e. The van der Waals surface area contributed by atoms with Crippen molar-refractivity contribution in [2.24, 2.45) is 0 Å². The van der Waals surface area contributed by atoms with Crippen LogP contribution in [0.3, 0.4) is 0 Å². The summed E-state index contributed by atoms with van der Waals surface area (Å²) in [6.07, 6.45) is 0. The molecule has 5 aromatic rings. The number of nitrogens with zero attached hydrogens (tertiary/aromatic N) is 2. The molecule has 0 saturated carbocycles. The zero-order valence-corrected chi connectivity index (χ0v) is 19.8. The van der Waals surface area contributed by atoms with E-state index in [0.29, 0.717) is 0 Å². The van der Waals surface area contributed by atoms with Gasteiger partial charge >= 0.3 is 0 Å². The van der Waals surface area contributed by atoms with E-state index in [1.807, 2.05) is 24.3 Å². The van der Waals surface area contributed by atoms with Crippen molar-refractivity contribution in [2.75, 3.05) is 0 Å². The molecule has 1 heterocycles. The van der Waals surface area contributed by atoms with E-state index in [-0.39, 0.29) is 25.5 Å². The molecule has 0 bridgehead atoms. The van der Waals surface area contributed by atoms with E-state index < -0.39 is 0 Å². The molecule has 0 saturated heterocycles. The average Bonchev–Trinajstić information content (AvgIpc) is 3.28. The molecule has 0 spiro atoms. The quantitative estimate of drug-likeness (QED) is 0.211. The van der Waals surface area contributed by atoms with Crippen LogP contribution in [0, 0.1) is 6.07 Å². The van der Waals surface area contributed by atoms with Crippen molar-refractivity contribution >= 4 is 11.0 Å². The van der Waals surface area contributed by atoms with Crippen molar-refractivity contribution in [2.45, 2.75) is 19.3 Å². The number of para-hydroxylation sites is 2. The van der Waals surface area contributed by atoms with E-state index >= 15 is 0 Å². The Hall–Kier alpha value is -3.00. The maximum Gasteiger partial charge on any atom is 0.0774 e. The van der Waals surface area contributed by atoms with Crippen LogP contribution in [-0.2, 0) is 25.5 Å². The molecule has 2 nitrogen and oxygen atoms in total. The van der Waals surface area contributed by atoms with Gasteiger partial charge in [-0.25, -0.2) is 0 Å². The van der Waals surface area contributed by atoms with E-state index in [2.05, 4.69) is 91.2 Å². The first-order valence-corrected chi connectivity index (χ1v) is 10.3. The SMILES string of the molecule is CC1(C)c2ccccc2-c2c(-n3c(-c4[c-]cccc4)nc4ccccc43)cccc21.[Ir]. The molecule has 0 N–H and O–H groups in total. The van der Waals surface area contributed by atoms with E-state index in [0.717, 1.165) is 22.4 Å². The van der Waals surface area contributed by atoms with Gasteiger partial charge in [0.2, 0.25) is 0 Å². The third-order valence-electron chi connectivity index (χ3n) is 6.34. The van der Waals surface area contributed by atoms with Crippen molar-refractivity contribution < 1.29 is 20.1 Å². The summed E-state index contributed by atoms with van der Waals surface area (Å²) in [6.45, 7) is 4.64. The summed E-state index contributed by atoms with van der Waals surface area (Å²) in [4.78, 5) is 5.01. The minimum atomic E-state index is -0.0304. The standard InChI is InChI=1S/C28H21N2.Ir/c1-28(2)21-14-7-6-13-20(21)26-22(28)15-10-18-25(26)30-24-17-9-8-16-23(24)29-27(30)19-11-4-3-5-12-19;/h3-11,13-18H,1-2H3;/q-1;. The van der Waals surface area contributed by atoms with Crippen molar-refractivity contribution in [3.63, 3.8) is 0 Å². The summed E-state index contributed by atoms with van der Waals surface area (Å²) < 4.78 is 2.30. The van der Waals surface area contributed by atoms with Crippen LogP contribution >= 0.6 is 0 Å². The number of fused-ring (bicyclic) bond motifs is 4. The van der Waals surface area contributed by atoms with Gasteiger partial charge in [-0.15, -0.1) is 35.9 Å². The van der Waals surface area contributed by atoms with Gasteiger partial charge in [-0.3, -0.25) is 4.98 Å². The van der Waals surface area contributed by atoms with Gasteiger partial charge in [-0.05, 0) is 34.9 Å². The van der Waals surface area contributed by atoms with E-state index in [1.54, 1.807) is 0 Å². The molecule has 153 valence electrons. The number of aromatic nitrogens is 2. The summed E-state index contributed by atoms with van der Waals surface area (Å²) in [5, 5.41) is 0. The van der Waals surface area contributed by atoms with E-state index in [9.17, 15) is 0 Å². The third kappa shape index (κ3) is 2.85. The van der Waals surface area contributed by atoms with Gasteiger partial charge in [0.25, 0.3) is 0 Å². The molecule has 31 heavy (non-hydrogen) atoms. The predicted octanol–water partition coefficient (Wildman–Crippen LogP) is 6.80. The predicted molar refractivity (Wildman–Crippen MR) is 123 cm³/mol. The second kappa shape index (κ2) is 7.30. The van der Waals surface area contributed by atoms with Crippen molar-refractivity contribution in [1.82, 2.24) is 9.55 Å². The number of hydrogen-bond acceptors (Lipinski definition) is 1. The molecule has 1 aliphatic carbocycles. The van der Waals surface area contributed by atoms with Gasteiger partial charge in [0, 0.05) is 36.8 Å². The molecule has 0 fully saturated rings. The first-order chi connectivity index (χ1) is 14.7. The van der Waals surface area contributed by atoms with Gasteiger partial charge in [0.05, 0.1) is 16.9 Å². The van der Waals surface area contributed by atoms with Gasteiger partial charge < -0.3 is 4.57 Å². The van der Waals surface area contributed by atoms with Crippen molar-refractivity contribution in [3.05, 3.63) is 108 Å². The molecule has 0 aliphatic heterocycles. The van der Waals surface area contributed by atoms with Crippen LogP contribution in [0.2, 0.25) is 0 Å². The topological polar surface area (TPSA) is 17.8 Å². The van der Waals surface area contributed by atoms with Crippen LogP contribution in [0.15, 0.2) is 91.0 Å². The maximum absolute atomic E-state index is 5.01. The molecule has 0 amide bonds. The molecular weight excluding hydrogens is 557 g/mol. The van der Waals surface area contributed by atoms with E-state index in [1.165, 1.54) is 27.9 Å². The van der Waals surface area contributed by atoms with Crippen LogP contribution < -0.4 is 0 Å². The average molecular weight is 578 g/mol. The van der Waals surface area contributed by atoms with Gasteiger partial charge in [0.1, 0.15) is 0 Å². The van der Waals surface area contributed by atoms with Crippen LogP contribution in [0.4, 0.5) is 0 Å². The molecule has 4 aromatic carbocycles. The zero-order valence-electron chi connectivity index (χ0n) is 17.4. The van der Waals surface area contributed by atoms with E-state index in [4.69, 9.17) is 4.98 Å². The maximum atomic E-state index is 5.01. The number of hydrogen-bond donors (Lipinski definition) is 0. The van der Waals surface area contributed by atoms with Crippen LogP contribution in [-0.4, -0.2) is 9.55 Å². The fourth-order valence-corrected chi connectivity index (χ4v) is 4.90. The van der Waals surface area contributed by atoms with Crippen molar-refractivity contribution in [1.29, 1.82) is 0 Å². The summed E-state index contributed by atoms with van der Waals surface area (Å²) in [5.74, 6) is 0.924. The molecule has 1 aromatic heterocycles. The number of imidazole rings is 1. The summed E-state index contributed by atoms with van der Waals surface area (Å²) in [6, 6.07) is 35.3. The van der Waals surface area contributed by atoms with Crippen LogP contribution in [0.5, 0.6) is 0 Å². The normalized spacial score (nSPS) is 13.5. The second-order valence-corrected chi connectivity index (χ2v) is 8.41. The van der Waals surface area contributed by atoms with Gasteiger partial charge in [-0.2, -0.15) is 0 Å². The fourth-order valence-electron chi connectivity index (χ4n) is 4.90. The Labute approximate surface area is 195 Å².